The summed E-state index contributed by atoms with van der Waals surface area (Å²) in [4.78, 5) is 0. The topological polar surface area (TPSA) is 0 Å². The van der Waals surface area contributed by atoms with Gasteiger partial charge in [0.15, 0.2) is 0 Å². The van der Waals surface area contributed by atoms with Crippen molar-refractivity contribution in [1.82, 2.24) is 0 Å². The van der Waals surface area contributed by atoms with Crippen molar-refractivity contribution >= 4 is 25.1 Å². The van der Waals surface area contributed by atoms with Gasteiger partial charge < -0.3 is 14.9 Å². The molecule has 0 amide bonds. The molecule has 0 heterocycles. The predicted octanol–water partition coefficient (Wildman–Crippen LogP) is 9.94. The Morgan fingerprint density at radius 3 is 1.47 bits per heavy atom. The average Bonchev–Trinajstić information content (AvgIpc) is 3.29. The fraction of sp³-hybridized carbons (Fsp3) is 0.923. The Kier molecular flexibility index (Phi) is 11.5. The van der Waals surface area contributed by atoms with Crippen molar-refractivity contribution in [2.75, 3.05) is 0 Å². The van der Waals surface area contributed by atoms with Crippen LogP contribution < -0.4 is 0 Å². The second kappa shape index (κ2) is 12.4. The van der Waals surface area contributed by atoms with E-state index in [1.165, 1.54) is 40.7 Å². The Labute approximate surface area is 209 Å². The summed E-state index contributed by atoms with van der Waals surface area (Å²) in [6.45, 7) is 5.81. The summed E-state index contributed by atoms with van der Waals surface area (Å²) in [7, 11) is 8.71. The quantitative estimate of drug-likeness (QED) is 0.237. The minimum atomic E-state index is -1.16. The van der Waals surface area contributed by atoms with E-state index in [2.05, 4.69) is 13.1 Å². The standard InChI is InChI=1S/C24H42Si.2CH3.2ClH.Zr/c1-25(2,23-16-15-17-9-3-4-10-18(17)23)24-21-13-7-5-11-19(21)20-12-6-8-14-22(20)24;;;;;/h17-24H,3-16H2,1-2H3;2*1H3;2*1H;/q;2*-1;;;+4/p-2. The van der Waals surface area contributed by atoms with E-state index >= 15 is 0 Å². The SMILES string of the molecule is C[Si](C)(C1CCC2CCCCC21)C1C2CCCCC2C2CCCCC21.[CH3-].[CH3-].[Cl][Zr+2][Cl]. The van der Waals surface area contributed by atoms with Gasteiger partial charge in [-0.1, -0.05) is 90.1 Å². The van der Waals surface area contributed by atoms with Gasteiger partial charge in [-0.2, -0.15) is 0 Å². The molecule has 5 rings (SSSR count). The number of halogens is 2. The van der Waals surface area contributed by atoms with E-state index in [-0.39, 0.29) is 14.9 Å². The second-order valence-corrected chi connectivity index (χ2v) is 20.3. The average molecular weight is 551 g/mol. The first-order chi connectivity index (χ1) is 13.6. The van der Waals surface area contributed by atoms with Gasteiger partial charge in [-0.3, -0.25) is 0 Å². The third-order valence-electron chi connectivity index (χ3n) is 10.4. The minimum absolute atomic E-state index is 0. The third kappa shape index (κ3) is 5.33. The number of rotatable bonds is 2. The number of hydrogen-bond donors (Lipinski definition) is 0. The molecule has 0 aliphatic heterocycles. The van der Waals surface area contributed by atoms with Gasteiger partial charge in [0.25, 0.3) is 0 Å². The summed E-state index contributed by atoms with van der Waals surface area (Å²) in [5, 5.41) is 0. The van der Waals surface area contributed by atoms with E-state index in [1.54, 1.807) is 89.9 Å². The van der Waals surface area contributed by atoms with Crippen LogP contribution in [0.2, 0.25) is 24.2 Å². The zero-order valence-electron chi connectivity index (χ0n) is 20.3. The van der Waals surface area contributed by atoms with Crippen LogP contribution in [0.25, 0.3) is 0 Å². The Bertz CT molecular complexity index is 491. The molecule has 174 valence electrons. The summed E-state index contributed by atoms with van der Waals surface area (Å²) in [5.74, 6) is 6.99. The van der Waals surface area contributed by atoms with Crippen molar-refractivity contribution in [2.45, 2.75) is 114 Å². The molecular formula is C26H48Cl2SiZr. The molecule has 0 bridgehead atoms. The number of fused-ring (bicyclic) bond motifs is 4. The van der Waals surface area contributed by atoms with Crippen LogP contribution in [0, 0.1) is 50.4 Å². The van der Waals surface area contributed by atoms with E-state index in [4.69, 9.17) is 17.0 Å². The van der Waals surface area contributed by atoms with Gasteiger partial charge in [0.05, 0.1) is 8.07 Å². The maximum atomic E-state index is 4.93. The van der Waals surface area contributed by atoms with Crippen molar-refractivity contribution in [3.63, 3.8) is 0 Å². The van der Waals surface area contributed by atoms with Crippen molar-refractivity contribution in [3.8, 4) is 0 Å². The zero-order valence-corrected chi connectivity index (χ0v) is 25.2. The Balaban J connectivity index is 0.000000607. The summed E-state index contributed by atoms with van der Waals surface area (Å²) in [6.07, 6.45) is 22.3. The van der Waals surface area contributed by atoms with E-state index in [0.29, 0.717) is 0 Å². The van der Waals surface area contributed by atoms with E-state index in [1.807, 2.05) is 0 Å². The molecule has 0 aromatic heterocycles. The third-order valence-corrected chi connectivity index (χ3v) is 15.6. The Morgan fingerprint density at radius 1 is 0.567 bits per heavy atom. The van der Waals surface area contributed by atoms with Crippen molar-refractivity contribution < 1.29 is 20.8 Å². The Morgan fingerprint density at radius 2 is 0.967 bits per heavy atom. The zero-order chi connectivity index (χ0) is 19.7. The van der Waals surface area contributed by atoms with Gasteiger partial charge in [-0.05, 0) is 59.4 Å². The molecule has 0 aromatic carbocycles. The van der Waals surface area contributed by atoms with Gasteiger partial charge in [-0.25, -0.2) is 0 Å². The maximum absolute atomic E-state index is 4.93. The van der Waals surface area contributed by atoms with Crippen LogP contribution in [-0.4, -0.2) is 8.07 Å². The normalized spacial score (nSPS) is 42.1. The monoisotopic (exact) mass is 548 g/mol. The van der Waals surface area contributed by atoms with Crippen LogP contribution in [0.1, 0.15) is 89.9 Å². The van der Waals surface area contributed by atoms with Gasteiger partial charge in [0, 0.05) is 0 Å². The van der Waals surface area contributed by atoms with Crippen LogP contribution in [0.5, 0.6) is 0 Å². The molecule has 0 radical (unpaired) electrons. The first-order valence-electron chi connectivity index (χ1n) is 12.6. The molecular weight excluding hydrogens is 503 g/mol. The molecule has 0 saturated heterocycles. The van der Waals surface area contributed by atoms with Crippen LogP contribution in [-0.2, 0) is 20.8 Å². The summed E-state index contributed by atoms with van der Waals surface area (Å²) < 4.78 is 0. The summed E-state index contributed by atoms with van der Waals surface area (Å²) in [6, 6.07) is 0. The fourth-order valence-electron chi connectivity index (χ4n) is 9.66. The number of hydrogen-bond acceptors (Lipinski definition) is 0. The van der Waals surface area contributed by atoms with Gasteiger partial charge in [-0.15, -0.1) is 0 Å². The first-order valence-corrected chi connectivity index (χ1v) is 22.0. The van der Waals surface area contributed by atoms with E-state index in [0.717, 1.165) is 5.92 Å². The fourth-order valence-corrected chi connectivity index (χ4v) is 15.6. The Hall–Kier alpha value is 1.68. The molecule has 5 fully saturated rings. The van der Waals surface area contributed by atoms with Gasteiger partial charge in [0.2, 0.25) is 0 Å². The molecule has 0 aromatic rings. The molecule has 7 atom stereocenters. The molecule has 0 nitrogen and oxygen atoms in total. The molecule has 7 unspecified atom stereocenters. The molecule has 0 spiro atoms. The molecule has 4 heteroatoms. The van der Waals surface area contributed by atoms with Crippen molar-refractivity contribution in [1.29, 1.82) is 0 Å². The van der Waals surface area contributed by atoms with E-state index in [9.17, 15) is 0 Å². The van der Waals surface area contributed by atoms with Crippen LogP contribution in [0.4, 0.5) is 0 Å². The summed E-state index contributed by atoms with van der Waals surface area (Å²) >= 11 is -0.826. The molecule has 5 aliphatic carbocycles. The molecule has 30 heavy (non-hydrogen) atoms. The molecule has 5 saturated carbocycles. The van der Waals surface area contributed by atoms with Crippen molar-refractivity contribution in [3.05, 3.63) is 14.9 Å². The van der Waals surface area contributed by atoms with Crippen LogP contribution in [0.15, 0.2) is 0 Å². The summed E-state index contributed by atoms with van der Waals surface area (Å²) in [5.41, 5.74) is 2.42. The first kappa shape index (κ1) is 27.9. The van der Waals surface area contributed by atoms with Crippen LogP contribution in [0.3, 0.4) is 0 Å². The molecule has 5 aliphatic rings. The second-order valence-electron chi connectivity index (χ2n) is 11.5. The van der Waals surface area contributed by atoms with Crippen LogP contribution >= 0.6 is 17.0 Å². The van der Waals surface area contributed by atoms with Gasteiger partial charge >= 0.3 is 37.9 Å². The van der Waals surface area contributed by atoms with E-state index < -0.39 is 28.9 Å². The predicted molar refractivity (Wildman–Crippen MR) is 135 cm³/mol. The van der Waals surface area contributed by atoms with Gasteiger partial charge in [0.1, 0.15) is 0 Å². The molecule has 0 N–H and O–H groups in total. The van der Waals surface area contributed by atoms with Crippen molar-refractivity contribution in [2.24, 2.45) is 35.5 Å².